The van der Waals surface area contributed by atoms with Crippen LogP contribution in [-0.2, 0) is 20.9 Å². The van der Waals surface area contributed by atoms with E-state index in [0.29, 0.717) is 38.1 Å². The average molecular weight is 444 g/mol. The molecule has 0 aromatic heterocycles. The average Bonchev–Trinajstić information content (AvgIpc) is 3.70. The Balaban J connectivity index is 1.30. The molecule has 4 atom stereocenters. The summed E-state index contributed by atoms with van der Waals surface area (Å²) in [6, 6.07) is 7.62. The third-order valence-electron chi connectivity index (χ3n) is 7.92. The summed E-state index contributed by atoms with van der Waals surface area (Å²) in [4.78, 5) is 32.0. The van der Waals surface area contributed by atoms with Gasteiger partial charge in [-0.2, -0.15) is 0 Å². The highest BCUT2D eigenvalue weighted by Gasteiger charge is 2.52. The summed E-state index contributed by atoms with van der Waals surface area (Å²) < 4.78 is 19.5. The van der Waals surface area contributed by atoms with Crippen LogP contribution in [-0.4, -0.2) is 78.0 Å². The maximum atomic E-state index is 13.4. The zero-order valence-electron chi connectivity index (χ0n) is 19.1. The number of carbonyl (C=O) groups is 2. The molecule has 7 heteroatoms. The molecule has 5 rings (SSSR count). The summed E-state index contributed by atoms with van der Waals surface area (Å²) in [5, 5.41) is 0. The Kier molecular flexibility index (Phi) is 5.97. The van der Waals surface area contributed by atoms with Gasteiger partial charge in [0.05, 0.1) is 19.1 Å². The molecule has 2 aliphatic heterocycles. The third-order valence-corrected chi connectivity index (χ3v) is 7.92. The van der Waals surface area contributed by atoms with Gasteiger partial charge in [-0.05, 0) is 49.3 Å². The molecule has 4 aliphatic rings. The van der Waals surface area contributed by atoms with Gasteiger partial charge in [0.25, 0.3) is 0 Å². The Hall–Kier alpha value is -1.99. The third kappa shape index (κ3) is 4.55. The number of fused-ring (bicyclic) bond motifs is 1. The molecule has 2 amide bonds. The molecular formula is C25H34FN3O3. The lowest BCUT2D eigenvalue weighted by atomic mass is 9.84. The molecule has 0 radical (unpaired) electrons. The molecule has 1 aromatic carbocycles. The summed E-state index contributed by atoms with van der Waals surface area (Å²) in [6.45, 7) is 2.10. The lowest BCUT2D eigenvalue weighted by molar-refractivity contribution is -0.133. The highest BCUT2D eigenvalue weighted by molar-refractivity contribution is 5.78. The molecule has 1 aromatic rings. The van der Waals surface area contributed by atoms with Crippen molar-refractivity contribution in [1.82, 2.24) is 14.7 Å². The minimum Gasteiger partial charge on any atom is -0.376 e. The molecule has 6 nitrogen and oxygen atoms in total. The molecule has 4 fully saturated rings. The number of carbonyl (C=O) groups excluding carboxylic acids is 2. The zero-order chi connectivity index (χ0) is 22.4. The normalized spacial score (nSPS) is 29.7. The molecule has 0 unspecified atom stereocenters. The maximum Gasteiger partial charge on any atom is 0.225 e. The van der Waals surface area contributed by atoms with Crippen LogP contribution in [0.5, 0.6) is 0 Å². The van der Waals surface area contributed by atoms with Gasteiger partial charge in [0, 0.05) is 57.6 Å². The first-order valence-corrected chi connectivity index (χ1v) is 12.0. The number of hydrogen-bond donors (Lipinski definition) is 0. The first-order chi connectivity index (χ1) is 15.4. The molecule has 0 spiro atoms. The van der Waals surface area contributed by atoms with Crippen molar-refractivity contribution >= 4 is 11.8 Å². The molecule has 2 aliphatic carbocycles. The van der Waals surface area contributed by atoms with E-state index in [9.17, 15) is 14.0 Å². The number of amides is 2. The van der Waals surface area contributed by atoms with Gasteiger partial charge in [-0.15, -0.1) is 0 Å². The Morgan fingerprint density at radius 2 is 1.59 bits per heavy atom. The standard InChI is InChI=1S/C25H34FN3O3/c1-27(19-7-8-19)23(30)11-17-14-29(13-16-3-5-18(26)6-4-16)21-15-32-22(25(17)21)12-24(31)28(2)20-9-10-20/h3-6,17,19-22,25H,7-15H2,1-2H3/t17-,21-,22+,25-/m1/s1. The van der Waals surface area contributed by atoms with Crippen LogP contribution < -0.4 is 0 Å². The quantitative estimate of drug-likeness (QED) is 0.620. The second-order valence-electron chi connectivity index (χ2n) is 10.2. The number of nitrogens with zero attached hydrogens (tertiary/aromatic N) is 3. The van der Waals surface area contributed by atoms with E-state index < -0.39 is 0 Å². The second kappa shape index (κ2) is 8.75. The number of rotatable bonds is 8. The van der Waals surface area contributed by atoms with Gasteiger partial charge >= 0.3 is 0 Å². The topological polar surface area (TPSA) is 53.1 Å². The molecule has 32 heavy (non-hydrogen) atoms. The van der Waals surface area contributed by atoms with Crippen LogP contribution in [0.25, 0.3) is 0 Å². The summed E-state index contributed by atoms with van der Waals surface area (Å²) in [5.74, 6) is 0.452. The fourth-order valence-electron chi connectivity index (χ4n) is 5.63. The van der Waals surface area contributed by atoms with Crippen molar-refractivity contribution in [2.45, 2.75) is 69.3 Å². The molecule has 0 bridgehead atoms. The summed E-state index contributed by atoms with van der Waals surface area (Å²) in [6.07, 6.45) is 5.14. The first-order valence-electron chi connectivity index (χ1n) is 12.0. The second-order valence-corrected chi connectivity index (χ2v) is 10.2. The van der Waals surface area contributed by atoms with Crippen LogP contribution in [0.1, 0.15) is 44.1 Å². The fraction of sp³-hybridized carbons (Fsp3) is 0.680. The van der Waals surface area contributed by atoms with Crippen molar-refractivity contribution < 1.29 is 18.7 Å². The number of ether oxygens (including phenoxy) is 1. The molecule has 2 saturated carbocycles. The predicted molar refractivity (Wildman–Crippen MR) is 118 cm³/mol. The molecular weight excluding hydrogens is 409 g/mol. The van der Waals surface area contributed by atoms with Crippen molar-refractivity contribution in [1.29, 1.82) is 0 Å². The van der Waals surface area contributed by atoms with Crippen LogP contribution in [0.3, 0.4) is 0 Å². The highest BCUT2D eigenvalue weighted by Crippen LogP contribution is 2.43. The zero-order valence-corrected chi connectivity index (χ0v) is 19.1. The van der Waals surface area contributed by atoms with Crippen molar-refractivity contribution in [3.63, 3.8) is 0 Å². The number of likely N-dealkylation sites (tertiary alicyclic amines) is 1. The Morgan fingerprint density at radius 1 is 1.00 bits per heavy atom. The van der Waals surface area contributed by atoms with E-state index in [4.69, 9.17) is 4.74 Å². The fourth-order valence-corrected chi connectivity index (χ4v) is 5.63. The minimum absolute atomic E-state index is 0.143. The van der Waals surface area contributed by atoms with Crippen LogP contribution in [0.15, 0.2) is 24.3 Å². The van der Waals surface area contributed by atoms with E-state index >= 15 is 0 Å². The van der Waals surface area contributed by atoms with Crippen molar-refractivity contribution in [2.24, 2.45) is 11.8 Å². The van der Waals surface area contributed by atoms with E-state index in [2.05, 4.69) is 4.90 Å². The van der Waals surface area contributed by atoms with Crippen LogP contribution in [0.4, 0.5) is 4.39 Å². The summed E-state index contributed by atoms with van der Waals surface area (Å²) >= 11 is 0. The Morgan fingerprint density at radius 3 is 2.19 bits per heavy atom. The minimum atomic E-state index is -0.234. The van der Waals surface area contributed by atoms with E-state index in [1.807, 2.05) is 36.0 Å². The smallest absolute Gasteiger partial charge is 0.225 e. The van der Waals surface area contributed by atoms with E-state index in [-0.39, 0.29) is 41.6 Å². The largest absolute Gasteiger partial charge is 0.376 e. The Labute approximate surface area is 189 Å². The van der Waals surface area contributed by atoms with E-state index in [1.54, 1.807) is 0 Å². The van der Waals surface area contributed by atoms with E-state index in [1.165, 1.54) is 12.1 Å². The lowest BCUT2D eigenvalue weighted by Gasteiger charge is -2.26. The molecule has 174 valence electrons. The van der Waals surface area contributed by atoms with Gasteiger partial charge in [0.15, 0.2) is 0 Å². The predicted octanol–water partition coefficient (Wildman–Crippen LogP) is 2.66. The number of halogens is 1. The summed E-state index contributed by atoms with van der Waals surface area (Å²) in [5.41, 5.74) is 1.06. The maximum absolute atomic E-state index is 13.4. The van der Waals surface area contributed by atoms with Crippen molar-refractivity contribution in [3.05, 3.63) is 35.6 Å². The van der Waals surface area contributed by atoms with Gasteiger partial charge in [-0.1, -0.05) is 12.1 Å². The Bertz CT molecular complexity index is 854. The van der Waals surface area contributed by atoms with Crippen LogP contribution in [0, 0.1) is 17.7 Å². The monoisotopic (exact) mass is 443 g/mol. The van der Waals surface area contributed by atoms with Gasteiger partial charge in [0.2, 0.25) is 11.8 Å². The number of benzene rings is 1. The molecule has 2 saturated heterocycles. The highest BCUT2D eigenvalue weighted by atomic mass is 19.1. The SMILES string of the molecule is CN(C(=O)C[C@@H]1CN(Cc2ccc(F)cc2)[C@@H]2CO[C@@H](CC(=O)N(C)C3CC3)[C@H]12)C1CC1. The molecule has 2 heterocycles. The van der Waals surface area contributed by atoms with Gasteiger partial charge in [-0.25, -0.2) is 4.39 Å². The molecule has 0 N–H and O–H groups in total. The van der Waals surface area contributed by atoms with Crippen molar-refractivity contribution in [2.75, 3.05) is 27.2 Å². The van der Waals surface area contributed by atoms with Crippen LogP contribution >= 0.6 is 0 Å². The number of hydrogen-bond acceptors (Lipinski definition) is 4. The lowest BCUT2D eigenvalue weighted by Crippen LogP contribution is -2.37. The van der Waals surface area contributed by atoms with Gasteiger partial charge in [0.1, 0.15) is 5.82 Å². The van der Waals surface area contributed by atoms with Crippen molar-refractivity contribution in [3.8, 4) is 0 Å². The first kappa shape index (κ1) is 21.8. The summed E-state index contributed by atoms with van der Waals surface area (Å²) in [7, 11) is 3.81. The van der Waals surface area contributed by atoms with Gasteiger partial charge < -0.3 is 14.5 Å². The van der Waals surface area contributed by atoms with E-state index in [0.717, 1.165) is 37.8 Å². The van der Waals surface area contributed by atoms with Crippen LogP contribution in [0.2, 0.25) is 0 Å². The van der Waals surface area contributed by atoms with Gasteiger partial charge in [-0.3, -0.25) is 14.5 Å².